The Morgan fingerprint density at radius 2 is 2.11 bits per heavy atom. The van der Waals surface area contributed by atoms with Gasteiger partial charge in [-0.2, -0.15) is 0 Å². The molecule has 0 saturated carbocycles. The fourth-order valence-electron chi connectivity index (χ4n) is 2.23. The fourth-order valence-corrected chi connectivity index (χ4v) is 2.96. The first-order chi connectivity index (χ1) is 8.56. The average Bonchev–Trinajstić information content (AvgIpc) is 2.33. The Morgan fingerprint density at radius 1 is 1.44 bits per heavy atom. The number of halogens is 2. The van der Waals surface area contributed by atoms with Gasteiger partial charge in [0, 0.05) is 16.0 Å². The topological polar surface area (TPSA) is 40.5 Å². The van der Waals surface area contributed by atoms with E-state index in [4.69, 9.17) is 16.7 Å². The molecule has 5 heteroatoms. The summed E-state index contributed by atoms with van der Waals surface area (Å²) in [7, 11) is 0. The number of aliphatic carboxylic acids is 1. The Balaban J connectivity index is 1.93. The summed E-state index contributed by atoms with van der Waals surface area (Å²) in [6.07, 6.45) is 1.45. The van der Waals surface area contributed by atoms with Crippen molar-refractivity contribution in [3.8, 4) is 0 Å². The van der Waals surface area contributed by atoms with Crippen molar-refractivity contribution >= 4 is 33.5 Å². The molecule has 0 unspecified atom stereocenters. The third kappa shape index (κ3) is 3.46. The number of likely N-dealkylation sites (tertiary alicyclic amines) is 1. The van der Waals surface area contributed by atoms with Gasteiger partial charge in [0.05, 0.1) is 5.92 Å². The lowest BCUT2D eigenvalue weighted by Crippen LogP contribution is -2.35. The van der Waals surface area contributed by atoms with Crippen LogP contribution in [0.25, 0.3) is 0 Å². The smallest absolute Gasteiger partial charge is 0.306 e. The van der Waals surface area contributed by atoms with Crippen LogP contribution in [0.5, 0.6) is 0 Å². The summed E-state index contributed by atoms with van der Waals surface area (Å²) in [6.45, 7) is 2.44. The summed E-state index contributed by atoms with van der Waals surface area (Å²) >= 11 is 9.56. The van der Waals surface area contributed by atoms with Crippen molar-refractivity contribution in [2.75, 3.05) is 13.1 Å². The molecule has 2 rings (SSSR count). The van der Waals surface area contributed by atoms with E-state index in [-0.39, 0.29) is 5.92 Å². The number of nitrogens with zero attached hydrogens (tertiary/aromatic N) is 1. The highest BCUT2D eigenvalue weighted by atomic mass is 79.9. The van der Waals surface area contributed by atoms with Gasteiger partial charge in [-0.3, -0.25) is 9.69 Å². The van der Waals surface area contributed by atoms with E-state index in [1.54, 1.807) is 0 Å². The summed E-state index contributed by atoms with van der Waals surface area (Å²) in [5.41, 5.74) is 1.09. The molecule has 0 radical (unpaired) electrons. The SMILES string of the molecule is O=C(O)C1CCN(Cc2ccc(Br)cc2Cl)CC1. The quantitative estimate of drug-likeness (QED) is 0.922. The minimum Gasteiger partial charge on any atom is -0.481 e. The number of piperidine rings is 1. The number of hydrogen-bond donors (Lipinski definition) is 1. The predicted octanol–water partition coefficient (Wildman–Crippen LogP) is 3.40. The number of rotatable bonds is 3. The van der Waals surface area contributed by atoms with Crippen molar-refractivity contribution in [1.82, 2.24) is 4.90 Å². The minimum atomic E-state index is -0.670. The molecule has 1 aromatic rings. The van der Waals surface area contributed by atoms with Crippen LogP contribution in [0.2, 0.25) is 5.02 Å². The first kappa shape index (κ1) is 13.8. The molecule has 1 fully saturated rings. The van der Waals surface area contributed by atoms with Crippen LogP contribution in [0.4, 0.5) is 0 Å². The van der Waals surface area contributed by atoms with E-state index in [1.807, 2.05) is 18.2 Å². The van der Waals surface area contributed by atoms with Gasteiger partial charge in [-0.1, -0.05) is 33.6 Å². The first-order valence-corrected chi connectivity index (χ1v) is 7.12. The normalized spacial score (nSPS) is 17.9. The molecular weight excluding hydrogens is 318 g/mol. The van der Waals surface area contributed by atoms with Gasteiger partial charge in [0.1, 0.15) is 0 Å². The highest BCUT2D eigenvalue weighted by molar-refractivity contribution is 9.10. The van der Waals surface area contributed by atoms with E-state index >= 15 is 0 Å². The van der Waals surface area contributed by atoms with Gasteiger partial charge in [-0.05, 0) is 43.6 Å². The lowest BCUT2D eigenvalue weighted by atomic mass is 9.97. The van der Waals surface area contributed by atoms with Crippen LogP contribution in [0, 0.1) is 5.92 Å². The summed E-state index contributed by atoms with van der Waals surface area (Å²) in [6, 6.07) is 5.88. The van der Waals surface area contributed by atoms with E-state index in [2.05, 4.69) is 20.8 Å². The van der Waals surface area contributed by atoms with Crippen LogP contribution in [-0.2, 0) is 11.3 Å². The van der Waals surface area contributed by atoms with Gasteiger partial charge in [0.2, 0.25) is 0 Å². The highest BCUT2D eigenvalue weighted by Crippen LogP contribution is 2.25. The number of benzene rings is 1. The highest BCUT2D eigenvalue weighted by Gasteiger charge is 2.24. The molecule has 1 saturated heterocycles. The maximum absolute atomic E-state index is 10.9. The van der Waals surface area contributed by atoms with Crippen molar-refractivity contribution < 1.29 is 9.90 Å². The van der Waals surface area contributed by atoms with Crippen molar-refractivity contribution in [3.05, 3.63) is 33.3 Å². The molecule has 1 heterocycles. The first-order valence-electron chi connectivity index (χ1n) is 5.95. The van der Waals surface area contributed by atoms with Crippen LogP contribution in [0.15, 0.2) is 22.7 Å². The molecule has 3 nitrogen and oxygen atoms in total. The van der Waals surface area contributed by atoms with Crippen molar-refractivity contribution in [1.29, 1.82) is 0 Å². The summed E-state index contributed by atoms with van der Waals surface area (Å²) < 4.78 is 0.973. The largest absolute Gasteiger partial charge is 0.481 e. The standard InChI is InChI=1S/C13H15BrClNO2/c14-11-2-1-10(12(15)7-11)8-16-5-3-9(4-6-16)13(17)18/h1-2,7,9H,3-6,8H2,(H,17,18). The molecule has 1 aliphatic rings. The molecule has 1 aliphatic heterocycles. The second-order valence-corrected chi connectivity index (χ2v) is 5.95. The zero-order valence-electron chi connectivity index (χ0n) is 9.90. The molecule has 98 valence electrons. The zero-order chi connectivity index (χ0) is 13.1. The second-order valence-electron chi connectivity index (χ2n) is 4.62. The van der Waals surface area contributed by atoms with E-state index in [0.29, 0.717) is 0 Å². The van der Waals surface area contributed by atoms with Crippen LogP contribution in [0.3, 0.4) is 0 Å². The molecular formula is C13H15BrClNO2. The van der Waals surface area contributed by atoms with Gasteiger partial charge < -0.3 is 5.11 Å². The maximum Gasteiger partial charge on any atom is 0.306 e. The number of hydrogen-bond acceptors (Lipinski definition) is 2. The minimum absolute atomic E-state index is 0.179. The third-order valence-corrected chi connectivity index (χ3v) is 4.19. The fraction of sp³-hybridized carbons (Fsp3) is 0.462. The molecule has 0 bridgehead atoms. The second kappa shape index (κ2) is 6.04. The maximum atomic E-state index is 10.9. The zero-order valence-corrected chi connectivity index (χ0v) is 12.2. The predicted molar refractivity (Wildman–Crippen MR) is 74.8 cm³/mol. The van der Waals surface area contributed by atoms with Crippen LogP contribution < -0.4 is 0 Å². The van der Waals surface area contributed by atoms with Crippen molar-refractivity contribution in [2.45, 2.75) is 19.4 Å². The van der Waals surface area contributed by atoms with Crippen LogP contribution >= 0.6 is 27.5 Å². The third-order valence-electron chi connectivity index (χ3n) is 3.35. The lowest BCUT2D eigenvalue weighted by Gasteiger charge is -2.30. The lowest BCUT2D eigenvalue weighted by molar-refractivity contribution is -0.143. The molecule has 18 heavy (non-hydrogen) atoms. The number of carboxylic acids is 1. The Morgan fingerprint density at radius 3 is 2.67 bits per heavy atom. The summed E-state index contributed by atoms with van der Waals surface area (Å²) in [4.78, 5) is 13.1. The van der Waals surface area contributed by atoms with E-state index in [9.17, 15) is 4.79 Å². The van der Waals surface area contributed by atoms with Crippen LogP contribution in [0.1, 0.15) is 18.4 Å². The van der Waals surface area contributed by atoms with Gasteiger partial charge >= 0.3 is 5.97 Å². The Bertz CT molecular complexity index is 445. The van der Waals surface area contributed by atoms with Crippen molar-refractivity contribution in [2.24, 2.45) is 5.92 Å². The molecule has 1 aromatic carbocycles. The number of carbonyl (C=O) groups is 1. The molecule has 0 spiro atoms. The Labute approximate surface area is 120 Å². The van der Waals surface area contributed by atoms with E-state index in [1.165, 1.54) is 0 Å². The van der Waals surface area contributed by atoms with Crippen molar-refractivity contribution in [3.63, 3.8) is 0 Å². The molecule has 0 aliphatic carbocycles. The van der Waals surface area contributed by atoms with Gasteiger partial charge in [0.15, 0.2) is 0 Å². The molecule has 1 N–H and O–H groups in total. The van der Waals surface area contributed by atoms with Gasteiger partial charge in [0.25, 0.3) is 0 Å². The van der Waals surface area contributed by atoms with Crippen LogP contribution in [-0.4, -0.2) is 29.1 Å². The van der Waals surface area contributed by atoms with Gasteiger partial charge in [-0.15, -0.1) is 0 Å². The number of carboxylic acid groups (broad SMARTS) is 1. The molecule has 0 aromatic heterocycles. The van der Waals surface area contributed by atoms with E-state index in [0.717, 1.165) is 47.5 Å². The molecule has 0 amide bonds. The summed E-state index contributed by atoms with van der Waals surface area (Å²) in [5, 5.41) is 9.70. The average molecular weight is 333 g/mol. The molecule has 0 atom stereocenters. The Kier molecular flexibility index (Phi) is 4.65. The van der Waals surface area contributed by atoms with E-state index < -0.39 is 5.97 Å². The Hall–Kier alpha value is -0.580. The summed E-state index contributed by atoms with van der Waals surface area (Å²) in [5.74, 6) is -0.849. The monoisotopic (exact) mass is 331 g/mol. The van der Waals surface area contributed by atoms with Gasteiger partial charge in [-0.25, -0.2) is 0 Å².